The van der Waals surface area contributed by atoms with Crippen LogP contribution < -0.4 is 10.1 Å². The predicted molar refractivity (Wildman–Crippen MR) is 128 cm³/mol. The summed E-state index contributed by atoms with van der Waals surface area (Å²) in [6.45, 7) is 1.65. The van der Waals surface area contributed by atoms with E-state index in [4.69, 9.17) is 4.74 Å². The third-order valence-electron chi connectivity index (χ3n) is 5.90. The lowest BCUT2D eigenvalue weighted by Crippen LogP contribution is -2.27. The number of hydrogen-bond donors (Lipinski definition) is 1. The van der Waals surface area contributed by atoms with Crippen LogP contribution in [0.25, 0.3) is 12.2 Å². The van der Waals surface area contributed by atoms with Gasteiger partial charge >= 0.3 is 6.18 Å². The first kappa shape index (κ1) is 23.6. The van der Waals surface area contributed by atoms with Gasteiger partial charge < -0.3 is 15.0 Å². The summed E-state index contributed by atoms with van der Waals surface area (Å²) in [5.41, 5.74) is 3.63. The van der Waals surface area contributed by atoms with Crippen LogP contribution in [0.5, 0.6) is 5.75 Å². The zero-order chi connectivity index (χ0) is 24.3. The van der Waals surface area contributed by atoms with E-state index < -0.39 is 17.6 Å². The molecule has 0 fully saturated rings. The van der Waals surface area contributed by atoms with Gasteiger partial charge in [0.2, 0.25) is 0 Å². The van der Waals surface area contributed by atoms with Gasteiger partial charge in [-0.3, -0.25) is 4.79 Å². The Balaban J connectivity index is 1.71. The molecule has 1 N–H and O–H groups in total. The summed E-state index contributed by atoms with van der Waals surface area (Å²) in [5.74, 6) is -0.945. The van der Waals surface area contributed by atoms with Crippen molar-refractivity contribution in [2.24, 2.45) is 0 Å². The Hall–Kier alpha value is -3.58. The number of amides is 1. The zero-order valence-electron chi connectivity index (χ0n) is 18.9. The number of alkyl halides is 3. The number of likely N-dealkylation sites (N-methyl/N-ethyl adjacent to an activating group) is 1. The van der Waals surface area contributed by atoms with Gasteiger partial charge in [-0.15, -0.1) is 0 Å². The van der Waals surface area contributed by atoms with Gasteiger partial charge in [0.25, 0.3) is 5.91 Å². The van der Waals surface area contributed by atoms with Crippen molar-refractivity contribution in [2.75, 3.05) is 26.0 Å². The molecule has 0 aromatic heterocycles. The maximum Gasteiger partial charge on any atom is 0.419 e. The molecule has 4 nitrogen and oxygen atoms in total. The van der Waals surface area contributed by atoms with Crippen LogP contribution in [0.3, 0.4) is 0 Å². The normalized spacial score (nSPS) is 14.1. The van der Waals surface area contributed by atoms with Crippen molar-refractivity contribution in [3.8, 4) is 5.75 Å². The highest BCUT2D eigenvalue weighted by Gasteiger charge is 2.35. The topological polar surface area (TPSA) is 41.6 Å². The molecule has 34 heavy (non-hydrogen) atoms. The highest BCUT2D eigenvalue weighted by Crippen LogP contribution is 2.37. The predicted octanol–water partition coefficient (Wildman–Crippen LogP) is 6.12. The molecule has 7 heteroatoms. The maximum absolute atomic E-state index is 13.4. The van der Waals surface area contributed by atoms with Gasteiger partial charge in [-0.05, 0) is 54.4 Å². The van der Waals surface area contributed by atoms with Crippen molar-refractivity contribution in [3.05, 3.63) is 94.0 Å². The van der Waals surface area contributed by atoms with Gasteiger partial charge in [-0.1, -0.05) is 48.6 Å². The average molecular weight is 467 g/mol. The zero-order valence-corrected chi connectivity index (χ0v) is 18.9. The lowest BCUT2D eigenvalue weighted by Gasteiger charge is -2.27. The second kappa shape index (κ2) is 9.73. The molecule has 4 rings (SSSR count). The molecule has 176 valence electrons. The fourth-order valence-electron chi connectivity index (χ4n) is 4.10. The van der Waals surface area contributed by atoms with E-state index in [-0.39, 0.29) is 11.3 Å². The monoisotopic (exact) mass is 466 g/mol. The van der Waals surface area contributed by atoms with E-state index in [1.165, 1.54) is 18.7 Å². The Kier molecular flexibility index (Phi) is 6.75. The molecule has 0 saturated carbocycles. The van der Waals surface area contributed by atoms with E-state index in [1.807, 2.05) is 61.7 Å². The van der Waals surface area contributed by atoms with Gasteiger partial charge in [0.1, 0.15) is 5.75 Å². The molecule has 0 spiro atoms. The van der Waals surface area contributed by atoms with E-state index in [0.717, 1.165) is 41.8 Å². The Bertz CT molecular complexity index is 1220. The highest BCUT2D eigenvalue weighted by atomic mass is 19.4. The molecule has 0 saturated heterocycles. The van der Waals surface area contributed by atoms with E-state index in [9.17, 15) is 18.0 Å². The minimum absolute atomic E-state index is 0.0963. The maximum atomic E-state index is 13.4. The number of methoxy groups -OCH3 is 1. The molecule has 1 heterocycles. The number of ether oxygens (including phenoxy) is 1. The first-order valence-corrected chi connectivity index (χ1v) is 10.9. The molecular formula is C27H25F3N2O2. The summed E-state index contributed by atoms with van der Waals surface area (Å²) in [4.78, 5) is 15.2. The first-order chi connectivity index (χ1) is 16.3. The number of benzene rings is 3. The molecule has 0 bridgehead atoms. The number of fused-ring (bicyclic) bond motifs is 1. The molecule has 0 aliphatic carbocycles. The fourth-order valence-corrected chi connectivity index (χ4v) is 4.10. The summed E-state index contributed by atoms with van der Waals surface area (Å²) in [7, 11) is 3.20. The number of nitrogens with one attached hydrogen (secondary N) is 1. The van der Waals surface area contributed by atoms with Gasteiger partial charge in [-0.25, -0.2) is 0 Å². The van der Waals surface area contributed by atoms with E-state index >= 15 is 0 Å². The summed E-state index contributed by atoms with van der Waals surface area (Å²) in [5, 5.41) is 2.83. The highest BCUT2D eigenvalue weighted by molar-refractivity contribution is 6.06. The number of hydrogen-bond acceptors (Lipinski definition) is 3. The number of rotatable bonds is 5. The van der Waals surface area contributed by atoms with Crippen molar-refractivity contribution in [3.63, 3.8) is 0 Å². The quantitative estimate of drug-likeness (QED) is 0.461. The first-order valence-electron chi connectivity index (χ1n) is 10.9. The number of halogens is 3. The average Bonchev–Trinajstić information content (AvgIpc) is 2.82. The van der Waals surface area contributed by atoms with Crippen LogP contribution in [0.4, 0.5) is 18.9 Å². The van der Waals surface area contributed by atoms with Crippen molar-refractivity contribution in [1.82, 2.24) is 4.90 Å². The second-order valence-electron chi connectivity index (χ2n) is 8.26. The van der Waals surface area contributed by atoms with Crippen molar-refractivity contribution in [1.29, 1.82) is 0 Å². The summed E-state index contributed by atoms with van der Waals surface area (Å²) < 4.78 is 45.1. The third-order valence-corrected chi connectivity index (χ3v) is 5.90. The molecule has 0 atom stereocenters. The minimum atomic E-state index is -4.64. The molecule has 0 radical (unpaired) electrons. The molecule has 1 aliphatic heterocycles. The Morgan fingerprint density at radius 2 is 1.82 bits per heavy atom. The van der Waals surface area contributed by atoms with Crippen LogP contribution in [0.1, 0.15) is 38.2 Å². The van der Waals surface area contributed by atoms with Crippen LogP contribution in [0.15, 0.2) is 60.7 Å². The van der Waals surface area contributed by atoms with Gasteiger partial charge in [0, 0.05) is 29.9 Å². The van der Waals surface area contributed by atoms with Gasteiger partial charge in [-0.2, -0.15) is 13.2 Å². The SMILES string of the molecule is COc1ccc(C(=O)Nc2ccc3c(c2C=Cc2ccccc2)CN(C)CC3)cc1C(F)(F)F. The molecule has 0 unspecified atom stereocenters. The van der Waals surface area contributed by atoms with Crippen molar-refractivity contribution in [2.45, 2.75) is 19.1 Å². The molecule has 1 aliphatic rings. The van der Waals surface area contributed by atoms with Crippen LogP contribution >= 0.6 is 0 Å². The second-order valence-corrected chi connectivity index (χ2v) is 8.26. The molecular weight excluding hydrogens is 441 g/mol. The van der Waals surface area contributed by atoms with E-state index in [0.29, 0.717) is 12.2 Å². The Morgan fingerprint density at radius 3 is 2.53 bits per heavy atom. The summed E-state index contributed by atoms with van der Waals surface area (Å²) in [6.07, 6.45) is 0.175. The van der Waals surface area contributed by atoms with Gasteiger partial charge in [0.05, 0.1) is 12.7 Å². The summed E-state index contributed by atoms with van der Waals surface area (Å²) in [6, 6.07) is 16.9. The van der Waals surface area contributed by atoms with E-state index in [1.54, 1.807) is 0 Å². The summed E-state index contributed by atoms with van der Waals surface area (Å²) >= 11 is 0. The van der Waals surface area contributed by atoms with Crippen molar-refractivity contribution < 1.29 is 22.7 Å². The number of carbonyl (C=O) groups excluding carboxylic acids is 1. The van der Waals surface area contributed by atoms with Gasteiger partial charge in [0.15, 0.2) is 0 Å². The number of anilines is 1. The molecule has 3 aromatic carbocycles. The fraction of sp³-hybridized carbons (Fsp3) is 0.222. The lowest BCUT2D eigenvalue weighted by atomic mass is 9.93. The number of nitrogens with zero attached hydrogens (tertiary/aromatic N) is 1. The largest absolute Gasteiger partial charge is 0.496 e. The van der Waals surface area contributed by atoms with E-state index in [2.05, 4.69) is 10.2 Å². The van der Waals surface area contributed by atoms with Crippen LogP contribution in [-0.4, -0.2) is 31.5 Å². The molecule has 1 amide bonds. The number of carbonyl (C=O) groups is 1. The molecule has 3 aromatic rings. The van der Waals surface area contributed by atoms with Crippen LogP contribution in [-0.2, 0) is 19.1 Å². The Labute approximate surface area is 196 Å². The standard InChI is InChI=1S/C27H25F3N2O2/c1-32-15-14-19-9-12-24(21(22(19)17-32)11-8-18-6-4-3-5-7-18)31-26(33)20-10-13-25(34-2)23(16-20)27(28,29)30/h3-13,16H,14-15,17H2,1-2H3,(H,31,33). The third kappa shape index (κ3) is 5.15. The van der Waals surface area contributed by atoms with Crippen LogP contribution in [0, 0.1) is 0 Å². The van der Waals surface area contributed by atoms with Crippen molar-refractivity contribution >= 4 is 23.7 Å². The minimum Gasteiger partial charge on any atom is -0.496 e. The van der Waals surface area contributed by atoms with Crippen LogP contribution in [0.2, 0.25) is 0 Å². The Morgan fingerprint density at radius 1 is 1.06 bits per heavy atom. The lowest BCUT2D eigenvalue weighted by molar-refractivity contribution is -0.138. The smallest absolute Gasteiger partial charge is 0.419 e.